The molecule has 7 heteroatoms. The van der Waals surface area contributed by atoms with Crippen LogP contribution in [-0.2, 0) is 6.42 Å². The van der Waals surface area contributed by atoms with E-state index in [0.717, 1.165) is 12.1 Å². The molecule has 28 heavy (non-hydrogen) atoms. The normalized spacial score (nSPS) is 11.7. The largest absolute Gasteiger partial charge is 0.495 e. The standard InChI is InChI=1S/C21H22N4O2S/c1-4-15-9-11-16(12-10-15)20(26)19(25-14-22-13-23-25)21(28-3)24-17-7-5-6-8-18(17)27-2/h5-14,24H,4H2,1-3H3. The predicted octanol–water partition coefficient (Wildman–Crippen LogP) is 4.33. The Morgan fingerprint density at radius 1 is 1.18 bits per heavy atom. The first-order valence-corrected chi connectivity index (χ1v) is 10.1. The molecule has 2 aromatic carbocycles. The zero-order valence-electron chi connectivity index (χ0n) is 16.0. The van der Waals surface area contributed by atoms with Crippen molar-refractivity contribution in [1.29, 1.82) is 0 Å². The number of rotatable bonds is 8. The number of aryl methyl sites for hydroxylation is 1. The lowest BCUT2D eigenvalue weighted by Crippen LogP contribution is -2.15. The summed E-state index contributed by atoms with van der Waals surface area (Å²) < 4.78 is 6.91. The van der Waals surface area contributed by atoms with Crippen LogP contribution in [0.5, 0.6) is 5.75 Å². The van der Waals surface area contributed by atoms with Crippen LogP contribution in [0, 0.1) is 0 Å². The zero-order chi connectivity index (χ0) is 19.9. The van der Waals surface area contributed by atoms with Crippen LogP contribution in [-0.4, -0.2) is 33.9 Å². The van der Waals surface area contributed by atoms with E-state index in [4.69, 9.17) is 4.74 Å². The van der Waals surface area contributed by atoms with E-state index in [9.17, 15) is 4.79 Å². The molecule has 0 unspecified atom stereocenters. The van der Waals surface area contributed by atoms with E-state index in [1.165, 1.54) is 34.7 Å². The fourth-order valence-corrected chi connectivity index (χ4v) is 3.33. The predicted molar refractivity (Wildman–Crippen MR) is 114 cm³/mol. The second-order valence-electron chi connectivity index (χ2n) is 5.93. The van der Waals surface area contributed by atoms with Crippen LogP contribution >= 0.6 is 11.8 Å². The summed E-state index contributed by atoms with van der Waals surface area (Å²) in [6, 6.07) is 15.2. The molecule has 0 saturated carbocycles. The molecule has 3 rings (SSSR count). The number of hydrogen-bond donors (Lipinski definition) is 1. The Bertz CT molecular complexity index is 966. The maximum absolute atomic E-state index is 13.4. The van der Waals surface area contributed by atoms with Crippen LogP contribution in [0.1, 0.15) is 22.8 Å². The summed E-state index contributed by atoms with van der Waals surface area (Å²) in [5, 5.41) is 8.16. The van der Waals surface area contributed by atoms with Crippen LogP contribution in [0.4, 0.5) is 5.69 Å². The number of thioether (sulfide) groups is 1. The van der Waals surface area contributed by atoms with Crippen molar-refractivity contribution in [2.24, 2.45) is 0 Å². The fourth-order valence-electron chi connectivity index (χ4n) is 2.74. The Kier molecular flexibility index (Phi) is 6.49. The number of carbonyl (C=O) groups is 1. The van der Waals surface area contributed by atoms with Crippen LogP contribution in [0.15, 0.2) is 66.2 Å². The minimum Gasteiger partial charge on any atom is -0.495 e. The van der Waals surface area contributed by atoms with E-state index in [2.05, 4.69) is 22.3 Å². The number of para-hydroxylation sites is 2. The van der Waals surface area contributed by atoms with Gasteiger partial charge in [0.2, 0.25) is 5.78 Å². The van der Waals surface area contributed by atoms with Gasteiger partial charge in [-0.2, -0.15) is 5.10 Å². The first kappa shape index (κ1) is 19.7. The van der Waals surface area contributed by atoms with Gasteiger partial charge in [-0.3, -0.25) is 4.79 Å². The van der Waals surface area contributed by atoms with Gasteiger partial charge in [0, 0.05) is 5.56 Å². The average Bonchev–Trinajstić information content (AvgIpc) is 3.27. The number of benzene rings is 2. The Labute approximate surface area is 168 Å². The quantitative estimate of drug-likeness (QED) is 0.453. The van der Waals surface area contributed by atoms with Crippen molar-refractivity contribution in [2.45, 2.75) is 13.3 Å². The highest BCUT2D eigenvalue weighted by Gasteiger charge is 2.21. The van der Waals surface area contributed by atoms with E-state index in [1.807, 2.05) is 54.8 Å². The summed E-state index contributed by atoms with van der Waals surface area (Å²) in [5.74, 6) is 0.548. The van der Waals surface area contributed by atoms with E-state index in [-0.39, 0.29) is 5.78 Å². The third-order valence-electron chi connectivity index (χ3n) is 4.26. The molecule has 0 aliphatic heterocycles. The number of anilines is 1. The van der Waals surface area contributed by atoms with E-state index in [1.54, 1.807) is 7.11 Å². The summed E-state index contributed by atoms with van der Waals surface area (Å²) >= 11 is 1.42. The Morgan fingerprint density at radius 3 is 2.54 bits per heavy atom. The maximum Gasteiger partial charge on any atom is 0.214 e. The Hall–Kier alpha value is -3.06. The van der Waals surface area contributed by atoms with E-state index in [0.29, 0.717) is 22.0 Å². The maximum atomic E-state index is 13.4. The third kappa shape index (κ3) is 4.26. The number of nitrogens with one attached hydrogen (secondary N) is 1. The molecule has 0 aliphatic rings. The van der Waals surface area contributed by atoms with Gasteiger partial charge >= 0.3 is 0 Å². The Balaban J connectivity index is 2.07. The van der Waals surface area contributed by atoms with Gasteiger partial charge in [0.25, 0.3) is 0 Å². The smallest absolute Gasteiger partial charge is 0.214 e. The Morgan fingerprint density at radius 2 is 1.93 bits per heavy atom. The van der Waals surface area contributed by atoms with Gasteiger partial charge in [0.05, 0.1) is 12.8 Å². The molecule has 144 valence electrons. The molecule has 1 aromatic heterocycles. The number of ether oxygens (including phenoxy) is 1. The number of allylic oxidation sites excluding steroid dienone is 1. The molecule has 0 radical (unpaired) electrons. The molecule has 3 aromatic rings. The molecule has 0 amide bonds. The van der Waals surface area contributed by atoms with Gasteiger partial charge in [-0.25, -0.2) is 9.67 Å². The summed E-state index contributed by atoms with van der Waals surface area (Å²) in [6.07, 6.45) is 5.76. The minimum absolute atomic E-state index is 0.139. The number of carbonyl (C=O) groups excluding carboxylic acids is 1. The second-order valence-corrected chi connectivity index (χ2v) is 6.74. The molecule has 0 fully saturated rings. The van der Waals surface area contributed by atoms with Crippen molar-refractivity contribution < 1.29 is 9.53 Å². The number of methoxy groups -OCH3 is 1. The topological polar surface area (TPSA) is 69.0 Å². The number of aromatic nitrogens is 3. The zero-order valence-corrected chi connectivity index (χ0v) is 16.9. The lowest BCUT2D eigenvalue weighted by molar-refractivity contribution is 0.104. The van der Waals surface area contributed by atoms with E-state index >= 15 is 0 Å². The summed E-state index contributed by atoms with van der Waals surface area (Å²) in [5.41, 5.74) is 2.94. The van der Waals surface area contributed by atoms with Crippen molar-refractivity contribution in [2.75, 3.05) is 18.7 Å². The average molecular weight is 395 g/mol. The third-order valence-corrected chi connectivity index (χ3v) is 4.97. The van der Waals surface area contributed by atoms with Gasteiger partial charge in [0.15, 0.2) is 0 Å². The van der Waals surface area contributed by atoms with Crippen molar-refractivity contribution in [1.82, 2.24) is 14.8 Å². The van der Waals surface area contributed by atoms with Crippen molar-refractivity contribution in [3.63, 3.8) is 0 Å². The lowest BCUT2D eigenvalue weighted by atomic mass is 10.1. The fraction of sp³-hybridized carbons (Fsp3) is 0.190. The number of Topliss-reactive ketones (excluding diaryl/α,β-unsaturated/α-hetero) is 1. The van der Waals surface area contributed by atoms with Crippen molar-refractivity contribution >= 4 is 28.9 Å². The molecular weight excluding hydrogens is 372 g/mol. The summed E-state index contributed by atoms with van der Waals surface area (Å²) in [6.45, 7) is 2.08. The van der Waals surface area contributed by atoms with Gasteiger partial charge in [0.1, 0.15) is 29.1 Å². The van der Waals surface area contributed by atoms with Crippen molar-refractivity contribution in [3.05, 3.63) is 77.3 Å². The lowest BCUT2D eigenvalue weighted by Gasteiger charge is -2.16. The molecule has 1 heterocycles. The van der Waals surface area contributed by atoms with Gasteiger partial charge in [-0.15, -0.1) is 11.8 Å². The van der Waals surface area contributed by atoms with Crippen LogP contribution in [0.3, 0.4) is 0 Å². The molecule has 0 spiro atoms. The number of hydrogen-bond acceptors (Lipinski definition) is 6. The molecule has 0 bridgehead atoms. The second kappa shape index (κ2) is 9.23. The highest BCUT2D eigenvalue weighted by molar-refractivity contribution is 8.02. The van der Waals surface area contributed by atoms with Crippen molar-refractivity contribution in [3.8, 4) is 5.75 Å². The monoisotopic (exact) mass is 394 g/mol. The number of ketones is 1. The first-order chi connectivity index (χ1) is 13.7. The molecule has 0 saturated heterocycles. The van der Waals surface area contributed by atoms with Crippen LogP contribution in [0.2, 0.25) is 0 Å². The van der Waals surface area contributed by atoms with Crippen LogP contribution in [0.25, 0.3) is 5.70 Å². The minimum atomic E-state index is -0.139. The van der Waals surface area contributed by atoms with Gasteiger partial charge in [-0.1, -0.05) is 43.3 Å². The highest BCUT2D eigenvalue weighted by Crippen LogP contribution is 2.30. The van der Waals surface area contributed by atoms with Crippen LogP contribution < -0.4 is 10.1 Å². The molecule has 1 N–H and O–H groups in total. The summed E-state index contributed by atoms with van der Waals surface area (Å²) in [7, 11) is 1.61. The number of nitrogens with zero attached hydrogens (tertiary/aromatic N) is 3. The first-order valence-electron chi connectivity index (χ1n) is 8.84. The van der Waals surface area contributed by atoms with E-state index < -0.39 is 0 Å². The van der Waals surface area contributed by atoms with Gasteiger partial charge < -0.3 is 10.1 Å². The molecule has 6 nitrogen and oxygen atoms in total. The molecular formula is C21H22N4O2S. The SMILES string of the molecule is CCc1ccc(C(=O)C(=C(Nc2ccccc2OC)SC)n2cncn2)cc1. The molecule has 0 atom stereocenters. The summed E-state index contributed by atoms with van der Waals surface area (Å²) in [4.78, 5) is 17.4. The highest BCUT2D eigenvalue weighted by atomic mass is 32.2. The molecule has 0 aliphatic carbocycles. The van der Waals surface area contributed by atoms with Gasteiger partial charge in [-0.05, 0) is 30.4 Å².